The molecule has 0 aromatic heterocycles. The van der Waals surface area contributed by atoms with E-state index in [1.807, 2.05) is 37.3 Å². The predicted molar refractivity (Wildman–Crippen MR) is 65.5 cm³/mol. The van der Waals surface area contributed by atoms with Crippen molar-refractivity contribution in [2.45, 2.75) is 19.9 Å². The number of nitrogens with one attached hydrogen (secondary N) is 1. The van der Waals surface area contributed by atoms with Crippen LogP contribution in [0.2, 0.25) is 0 Å². The molecule has 0 aliphatic rings. The molecule has 4 heteroatoms. The summed E-state index contributed by atoms with van der Waals surface area (Å²) in [5.74, 6) is -0.851. The first-order valence-corrected chi connectivity index (χ1v) is 5.79. The highest BCUT2D eigenvalue weighted by Crippen LogP contribution is 2.16. The van der Waals surface area contributed by atoms with Gasteiger partial charge in [-0.05, 0) is 31.5 Å². The van der Waals surface area contributed by atoms with E-state index in [2.05, 4.69) is 21.2 Å². The van der Waals surface area contributed by atoms with Gasteiger partial charge in [0.2, 0.25) is 5.91 Å². The average molecular weight is 281 g/mol. The van der Waals surface area contributed by atoms with E-state index in [4.69, 9.17) is 5.26 Å². The largest absolute Gasteiger partial charge is 0.348 e. The van der Waals surface area contributed by atoms with Crippen LogP contribution in [0, 0.1) is 17.2 Å². The van der Waals surface area contributed by atoms with Gasteiger partial charge < -0.3 is 5.32 Å². The topological polar surface area (TPSA) is 52.9 Å². The smallest absolute Gasteiger partial charge is 0.237 e. The molecule has 2 atom stereocenters. The molecule has 0 spiro atoms. The van der Waals surface area contributed by atoms with Crippen LogP contribution in [0.3, 0.4) is 0 Å². The van der Waals surface area contributed by atoms with Crippen molar-refractivity contribution in [3.8, 4) is 6.07 Å². The van der Waals surface area contributed by atoms with E-state index in [1.165, 1.54) is 0 Å². The molecule has 16 heavy (non-hydrogen) atoms. The van der Waals surface area contributed by atoms with Crippen molar-refractivity contribution >= 4 is 21.8 Å². The highest BCUT2D eigenvalue weighted by atomic mass is 79.9. The van der Waals surface area contributed by atoms with Crippen LogP contribution >= 0.6 is 15.9 Å². The van der Waals surface area contributed by atoms with Crippen molar-refractivity contribution in [3.05, 3.63) is 34.3 Å². The molecule has 0 aliphatic carbocycles. The molecular weight excluding hydrogens is 268 g/mol. The molecule has 0 fully saturated rings. The summed E-state index contributed by atoms with van der Waals surface area (Å²) in [4.78, 5) is 11.5. The summed E-state index contributed by atoms with van der Waals surface area (Å²) in [6.07, 6.45) is 0. The van der Waals surface area contributed by atoms with Crippen LogP contribution in [0.5, 0.6) is 0 Å². The van der Waals surface area contributed by atoms with Crippen LogP contribution in [0.4, 0.5) is 0 Å². The second-order valence-electron chi connectivity index (χ2n) is 3.63. The van der Waals surface area contributed by atoms with E-state index in [9.17, 15) is 4.79 Å². The summed E-state index contributed by atoms with van der Waals surface area (Å²) in [5.41, 5.74) is 1.02. The lowest BCUT2D eigenvalue weighted by molar-refractivity contribution is -0.123. The van der Waals surface area contributed by atoms with Gasteiger partial charge in [-0.2, -0.15) is 5.26 Å². The normalized spacial score (nSPS) is 13.6. The highest BCUT2D eigenvalue weighted by molar-refractivity contribution is 9.10. The summed E-state index contributed by atoms with van der Waals surface area (Å²) in [5, 5.41) is 11.4. The number of hydrogen-bond acceptors (Lipinski definition) is 2. The monoisotopic (exact) mass is 280 g/mol. The van der Waals surface area contributed by atoms with E-state index in [1.54, 1.807) is 6.92 Å². The Morgan fingerprint density at radius 2 is 1.94 bits per heavy atom. The van der Waals surface area contributed by atoms with Crippen LogP contribution < -0.4 is 5.32 Å². The summed E-state index contributed by atoms with van der Waals surface area (Å²) >= 11 is 3.35. The number of halogens is 1. The third kappa shape index (κ3) is 3.35. The van der Waals surface area contributed by atoms with E-state index < -0.39 is 5.92 Å². The number of amides is 1. The maximum atomic E-state index is 11.5. The minimum Gasteiger partial charge on any atom is -0.348 e. The maximum Gasteiger partial charge on any atom is 0.237 e. The minimum absolute atomic E-state index is 0.0867. The first-order chi connectivity index (χ1) is 7.54. The van der Waals surface area contributed by atoms with Crippen LogP contribution in [-0.2, 0) is 4.79 Å². The Labute approximate surface area is 104 Å². The lowest BCUT2D eigenvalue weighted by Crippen LogP contribution is -2.30. The summed E-state index contributed by atoms with van der Waals surface area (Å²) in [7, 11) is 0. The number of carbonyl (C=O) groups excluding carboxylic acids is 1. The van der Waals surface area contributed by atoms with Gasteiger partial charge in [-0.25, -0.2) is 0 Å². The number of carbonyl (C=O) groups is 1. The van der Waals surface area contributed by atoms with Crippen LogP contribution in [-0.4, -0.2) is 5.91 Å². The molecule has 0 saturated carbocycles. The first-order valence-electron chi connectivity index (χ1n) is 5.00. The van der Waals surface area contributed by atoms with Gasteiger partial charge >= 0.3 is 0 Å². The van der Waals surface area contributed by atoms with E-state index in [-0.39, 0.29) is 11.9 Å². The van der Waals surface area contributed by atoms with Gasteiger partial charge in [0.15, 0.2) is 0 Å². The lowest BCUT2D eigenvalue weighted by atomic mass is 10.1. The van der Waals surface area contributed by atoms with Crippen molar-refractivity contribution in [3.63, 3.8) is 0 Å². The highest BCUT2D eigenvalue weighted by Gasteiger charge is 2.14. The summed E-state index contributed by atoms with van der Waals surface area (Å²) < 4.78 is 1.00. The third-order valence-electron chi connectivity index (χ3n) is 2.32. The number of nitrogens with zero attached hydrogens (tertiary/aromatic N) is 1. The Balaban J connectivity index is 2.66. The molecule has 0 bridgehead atoms. The predicted octanol–water partition coefficient (Wildman–Crippen LogP) is 2.79. The molecule has 3 nitrogen and oxygen atoms in total. The number of benzene rings is 1. The van der Waals surface area contributed by atoms with Gasteiger partial charge in [0, 0.05) is 4.47 Å². The van der Waals surface area contributed by atoms with Gasteiger partial charge in [-0.1, -0.05) is 28.1 Å². The van der Waals surface area contributed by atoms with Crippen LogP contribution in [0.25, 0.3) is 0 Å². The lowest BCUT2D eigenvalue weighted by Gasteiger charge is -2.15. The number of hydrogen-bond donors (Lipinski definition) is 1. The molecule has 0 radical (unpaired) electrons. The molecule has 1 unspecified atom stereocenters. The summed E-state index contributed by atoms with van der Waals surface area (Å²) in [6.45, 7) is 3.48. The minimum atomic E-state index is -0.613. The van der Waals surface area contributed by atoms with E-state index >= 15 is 0 Å². The van der Waals surface area contributed by atoms with Gasteiger partial charge in [-0.15, -0.1) is 0 Å². The first kappa shape index (κ1) is 12.7. The molecule has 0 heterocycles. The van der Waals surface area contributed by atoms with E-state index in [0.29, 0.717) is 0 Å². The molecular formula is C12H13BrN2O. The summed E-state index contributed by atoms with van der Waals surface area (Å²) in [6, 6.07) is 9.54. The zero-order chi connectivity index (χ0) is 12.1. The molecule has 1 aromatic rings. The fraction of sp³-hybridized carbons (Fsp3) is 0.333. The number of nitriles is 1. The van der Waals surface area contributed by atoms with Crippen molar-refractivity contribution in [2.24, 2.45) is 5.92 Å². The fourth-order valence-corrected chi connectivity index (χ4v) is 1.50. The maximum absolute atomic E-state index is 11.5. The Morgan fingerprint density at radius 3 is 2.44 bits per heavy atom. The zero-order valence-electron chi connectivity index (χ0n) is 9.20. The van der Waals surface area contributed by atoms with Crippen molar-refractivity contribution in [1.29, 1.82) is 5.26 Å². The fourth-order valence-electron chi connectivity index (χ4n) is 1.23. The second kappa shape index (κ2) is 5.66. The second-order valence-corrected chi connectivity index (χ2v) is 4.55. The van der Waals surface area contributed by atoms with Gasteiger partial charge in [0.1, 0.15) is 5.92 Å². The molecule has 1 N–H and O–H groups in total. The quantitative estimate of drug-likeness (QED) is 0.926. The van der Waals surface area contributed by atoms with Gasteiger partial charge in [-0.3, -0.25) is 4.79 Å². The van der Waals surface area contributed by atoms with Gasteiger partial charge in [0.05, 0.1) is 12.1 Å². The SMILES string of the molecule is CC(C#N)C(=O)N[C@H](C)c1ccc(Br)cc1. The van der Waals surface area contributed by atoms with Gasteiger partial charge in [0.25, 0.3) is 0 Å². The Bertz CT molecular complexity index is 408. The van der Waals surface area contributed by atoms with Crippen molar-refractivity contribution in [2.75, 3.05) is 0 Å². The molecule has 0 aliphatic heterocycles. The number of rotatable bonds is 3. The molecule has 1 aromatic carbocycles. The Morgan fingerprint density at radius 1 is 1.38 bits per heavy atom. The Kier molecular flexibility index (Phi) is 4.51. The standard InChI is InChI=1S/C12H13BrN2O/c1-8(7-14)12(16)15-9(2)10-3-5-11(13)6-4-10/h3-6,8-9H,1-2H3,(H,15,16)/t8?,9-/m1/s1. The third-order valence-corrected chi connectivity index (χ3v) is 2.84. The molecule has 1 rings (SSSR count). The van der Waals surface area contributed by atoms with Crippen LogP contribution in [0.1, 0.15) is 25.5 Å². The van der Waals surface area contributed by atoms with Crippen molar-refractivity contribution < 1.29 is 4.79 Å². The molecule has 84 valence electrons. The molecule has 0 saturated heterocycles. The van der Waals surface area contributed by atoms with Crippen LogP contribution in [0.15, 0.2) is 28.7 Å². The van der Waals surface area contributed by atoms with E-state index in [0.717, 1.165) is 10.0 Å². The Hall–Kier alpha value is -1.34. The average Bonchev–Trinajstić information content (AvgIpc) is 2.28. The van der Waals surface area contributed by atoms with Crippen molar-refractivity contribution in [1.82, 2.24) is 5.32 Å². The zero-order valence-corrected chi connectivity index (χ0v) is 10.8. The molecule has 1 amide bonds.